The number of aryl methyl sites for hydroxylation is 4. The molecule has 0 radical (unpaired) electrons. The van der Waals surface area contributed by atoms with Crippen LogP contribution < -0.4 is 0 Å². The van der Waals surface area contributed by atoms with Gasteiger partial charge in [0.1, 0.15) is 34.5 Å². The van der Waals surface area contributed by atoms with E-state index in [1.54, 1.807) is 0 Å². The van der Waals surface area contributed by atoms with Gasteiger partial charge >= 0.3 is 0 Å². The third-order valence-corrected chi connectivity index (χ3v) is 9.13. The van der Waals surface area contributed by atoms with Gasteiger partial charge in [0, 0.05) is 31.4 Å². The summed E-state index contributed by atoms with van der Waals surface area (Å²) in [6.07, 6.45) is 10.9. The number of hydrogen-bond donors (Lipinski definition) is 6. The maximum Gasteiger partial charge on any atom is 0.122 e. The van der Waals surface area contributed by atoms with Gasteiger partial charge in [0.2, 0.25) is 0 Å². The smallest absolute Gasteiger partial charge is 0.122 e. The lowest BCUT2D eigenvalue weighted by Gasteiger charge is -2.17. The summed E-state index contributed by atoms with van der Waals surface area (Å²) in [6, 6.07) is 14.1. The summed E-state index contributed by atoms with van der Waals surface area (Å²) in [5.41, 5.74) is 7.38. The van der Waals surface area contributed by atoms with Gasteiger partial charge in [0.05, 0.1) is 0 Å². The fraction of sp³-hybridized carbons (Fsp3) is 0.415. The van der Waals surface area contributed by atoms with E-state index in [4.69, 9.17) is 0 Å². The average molecular weight is 641 g/mol. The van der Waals surface area contributed by atoms with Crippen molar-refractivity contribution in [2.75, 3.05) is 0 Å². The second-order valence-electron chi connectivity index (χ2n) is 13.2. The van der Waals surface area contributed by atoms with E-state index in [1.165, 1.54) is 12.1 Å². The first-order chi connectivity index (χ1) is 22.5. The molecule has 6 N–H and O–H groups in total. The minimum Gasteiger partial charge on any atom is -0.508 e. The largest absolute Gasteiger partial charge is 0.508 e. The maximum atomic E-state index is 11.4. The zero-order chi connectivity index (χ0) is 34.1. The van der Waals surface area contributed by atoms with Crippen molar-refractivity contribution in [3.63, 3.8) is 0 Å². The van der Waals surface area contributed by atoms with Crippen LogP contribution >= 0.6 is 0 Å². The van der Waals surface area contributed by atoms with Crippen LogP contribution in [0.5, 0.6) is 34.5 Å². The Morgan fingerprint density at radius 2 is 0.681 bits per heavy atom. The monoisotopic (exact) mass is 640 g/mol. The molecule has 6 heteroatoms. The standard InChI is InChI=1S/C41H52O6/c1-5-7-9-11-13-28-19-30(38(44)24-36(28)42)21-32-15-26(3)17-34(40(32)46)23-35-18-27(4)16-33(41(35)47)22-31-20-29(14-12-10-8-6-2)37(43)25-39(31)45/h15-20,24-25,42-47H,5-14,21-23H2,1-4H3. The van der Waals surface area contributed by atoms with Crippen LogP contribution in [-0.4, -0.2) is 30.6 Å². The lowest BCUT2D eigenvalue weighted by Crippen LogP contribution is -2.00. The highest BCUT2D eigenvalue weighted by atomic mass is 16.3. The fourth-order valence-corrected chi connectivity index (χ4v) is 6.54. The summed E-state index contributed by atoms with van der Waals surface area (Å²) in [4.78, 5) is 0. The quantitative estimate of drug-likeness (QED) is 0.0679. The van der Waals surface area contributed by atoms with Crippen molar-refractivity contribution >= 4 is 0 Å². The van der Waals surface area contributed by atoms with Gasteiger partial charge in [0.25, 0.3) is 0 Å². The molecule has 252 valence electrons. The molecular formula is C41H52O6. The van der Waals surface area contributed by atoms with Crippen LogP contribution in [0.4, 0.5) is 0 Å². The van der Waals surface area contributed by atoms with Gasteiger partial charge in [-0.2, -0.15) is 0 Å². The van der Waals surface area contributed by atoms with Crippen molar-refractivity contribution in [2.24, 2.45) is 0 Å². The first-order valence-electron chi connectivity index (χ1n) is 17.2. The molecule has 0 aliphatic carbocycles. The normalized spacial score (nSPS) is 11.3. The molecule has 47 heavy (non-hydrogen) atoms. The number of rotatable bonds is 16. The van der Waals surface area contributed by atoms with Crippen LogP contribution in [0.3, 0.4) is 0 Å². The first-order valence-corrected chi connectivity index (χ1v) is 17.2. The maximum absolute atomic E-state index is 11.4. The molecule has 0 fully saturated rings. The number of phenolic OH excluding ortho intramolecular Hbond substituents is 6. The Kier molecular flexibility index (Phi) is 12.5. The summed E-state index contributed by atoms with van der Waals surface area (Å²) < 4.78 is 0. The molecule has 0 heterocycles. The molecule has 0 aliphatic rings. The van der Waals surface area contributed by atoms with Crippen LogP contribution in [0.25, 0.3) is 0 Å². The molecule has 0 atom stereocenters. The number of hydrogen-bond acceptors (Lipinski definition) is 6. The SMILES string of the molecule is CCCCCCc1cc(Cc2cc(C)cc(Cc3cc(C)cc(Cc4cc(CCCCCC)c(O)cc4O)c3O)c2O)c(O)cc1O. The Hall–Kier alpha value is -4.32. The van der Waals surface area contributed by atoms with E-state index < -0.39 is 0 Å². The number of benzene rings is 4. The lowest BCUT2D eigenvalue weighted by atomic mass is 9.91. The highest BCUT2D eigenvalue weighted by molar-refractivity contribution is 5.55. The number of aromatic hydroxyl groups is 6. The lowest BCUT2D eigenvalue weighted by molar-refractivity contribution is 0.439. The van der Waals surface area contributed by atoms with E-state index in [0.29, 0.717) is 46.2 Å². The Morgan fingerprint density at radius 1 is 0.362 bits per heavy atom. The molecular weight excluding hydrogens is 588 g/mol. The summed E-state index contributed by atoms with van der Waals surface area (Å²) in [7, 11) is 0. The van der Waals surface area contributed by atoms with Crippen LogP contribution in [0.15, 0.2) is 48.5 Å². The van der Waals surface area contributed by atoms with Crippen LogP contribution in [0.2, 0.25) is 0 Å². The minimum absolute atomic E-state index is 0.00941. The van der Waals surface area contributed by atoms with Crippen molar-refractivity contribution in [1.29, 1.82) is 0 Å². The molecule has 4 aromatic rings. The van der Waals surface area contributed by atoms with E-state index >= 15 is 0 Å². The summed E-state index contributed by atoms with van der Waals surface area (Å²) in [5, 5.41) is 65.1. The number of phenols is 6. The molecule has 0 amide bonds. The fourth-order valence-electron chi connectivity index (χ4n) is 6.54. The predicted molar refractivity (Wildman–Crippen MR) is 189 cm³/mol. The summed E-state index contributed by atoms with van der Waals surface area (Å²) in [6.45, 7) is 8.23. The van der Waals surface area contributed by atoms with Gasteiger partial charge in [-0.15, -0.1) is 0 Å². The minimum atomic E-state index is -0.00941. The molecule has 4 aromatic carbocycles. The molecule has 4 rings (SSSR count). The second kappa shape index (κ2) is 16.5. The van der Waals surface area contributed by atoms with Crippen LogP contribution in [0, 0.1) is 13.8 Å². The highest BCUT2D eigenvalue weighted by Gasteiger charge is 2.18. The molecule has 6 nitrogen and oxygen atoms in total. The van der Waals surface area contributed by atoms with Gasteiger partial charge in [-0.3, -0.25) is 0 Å². The molecule has 0 aliphatic heterocycles. The molecule has 0 spiro atoms. The zero-order valence-corrected chi connectivity index (χ0v) is 28.5. The van der Waals surface area contributed by atoms with E-state index in [2.05, 4.69) is 13.8 Å². The Labute approximate surface area is 280 Å². The molecule has 0 aromatic heterocycles. The van der Waals surface area contributed by atoms with Crippen molar-refractivity contribution in [1.82, 2.24) is 0 Å². The first kappa shape index (κ1) is 35.5. The molecule has 0 unspecified atom stereocenters. The van der Waals surface area contributed by atoms with Gasteiger partial charge in [-0.05, 0) is 96.2 Å². The Bertz CT molecular complexity index is 1550. The van der Waals surface area contributed by atoms with Gasteiger partial charge in [-0.1, -0.05) is 87.8 Å². The average Bonchev–Trinajstić information content (AvgIpc) is 3.02. The zero-order valence-electron chi connectivity index (χ0n) is 28.5. The molecule has 0 bridgehead atoms. The van der Waals surface area contributed by atoms with Crippen molar-refractivity contribution in [3.8, 4) is 34.5 Å². The third kappa shape index (κ3) is 9.37. The van der Waals surface area contributed by atoms with Gasteiger partial charge in [0.15, 0.2) is 0 Å². The van der Waals surface area contributed by atoms with E-state index in [9.17, 15) is 30.6 Å². The second-order valence-corrected chi connectivity index (χ2v) is 13.2. The van der Waals surface area contributed by atoms with Crippen molar-refractivity contribution < 1.29 is 30.6 Å². The Morgan fingerprint density at radius 3 is 1.02 bits per heavy atom. The summed E-state index contributed by atoms with van der Waals surface area (Å²) in [5.74, 6) is 0.380. The van der Waals surface area contributed by atoms with E-state index in [1.807, 2.05) is 50.2 Å². The van der Waals surface area contributed by atoms with Crippen molar-refractivity contribution in [3.05, 3.63) is 104 Å². The van der Waals surface area contributed by atoms with Crippen LogP contribution in [0.1, 0.15) is 121 Å². The third-order valence-electron chi connectivity index (χ3n) is 9.13. The molecule has 0 saturated heterocycles. The summed E-state index contributed by atoms with van der Waals surface area (Å²) >= 11 is 0. The van der Waals surface area contributed by atoms with Gasteiger partial charge in [-0.25, -0.2) is 0 Å². The number of unbranched alkanes of at least 4 members (excludes halogenated alkanes) is 6. The van der Waals surface area contributed by atoms with E-state index in [-0.39, 0.29) is 40.9 Å². The van der Waals surface area contributed by atoms with Gasteiger partial charge < -0.3 is 30.6 Å². The Balaban J connectivity index is 1.59. The highest BCUT2D eigenvalue weighted by Crippen LogP contribution is 2.37. The predicted octanol–water partition coefficient (Wildman–Crippen LogP) is 9.56. The van der Waals surface area contributed by atoms with Crippen LogP contribution in [-0.2, 0) is 32.1 Å². The van der Waals surface area contributed by atoms with Crippen molar-refractivity contribution in [2.45, 2.75) is 111 Å². The molecule has 0 saturated carbocycles. The van der Waals surface area contributed by atoms with E-state index in [0.717, 1.165) is 86.5 Å². The topological polar surface area (TPSA) is 121 Å².